The fourth-order valence-electron chi connectivity index (χ4n) is 2.14. The van der Waals surface area contributed by atoms with Crippen LogP contribution in [-0.4, -0.2) is 15.0 Å². The lowest BCUT2D eigenvalue weighted by molar-refractivity contribution is 0.652. The van der Waals surface area contributed by atoms with Crippen molar-refractivity contribution < 1.29 is 0 Å². The first kappa shape index (κ1) is 8.65. The summed E-state index contributed by atoms with van der Waals surface area (Å²) in [7, 11) is 0. The van der Waals surface area contributed by atoms with Gasteiger partial charge >= 0.3 is 0 Å². The Balaban J connectivity index is 2.09. The van der Waals surface area contributed by atoms with Crippen molar-refractivity contribution in [2.75, 3.05) is 0 Å². The first-order valence-corrected chi connectivity index (χ1v) is 5.44. The number of benzene rings is 1. The molecule has 1 aromatic carbocycles. The second-order valence-corrected chi connectivity index (χ2v) is 3.94. The van der Waals surface area contributed by atoms with Crippen molar-refractivity contribution in [2.24, 2.45) is 0 Å². The van der Waals surface area contributed by atoms with Crippen molar-refractivity contribution >= 4 is 0 Å². The Bertz CT molecular complexity index is 459. The standard InChI is InChI=1S/C12H13N3/c1-2-6-10(7-3-1)15-12-9-5-4-8-11(12)13-14-15/h1-3,6-7H,4-5,8-9H2. The van der Waals surface area contributed by atoms with Gasteiger partial charge in [-0.25, -0.2) is 4.68 Å². The predicted molar refractivity (Wildman–Crippen MR) is 58.0 cm³/mol. The zero-order valence-corrected chi connectivity index (χ0v) is 8.56. The summed E-state index contributed by atoms with van der Waals surface area (Å²) >= 11 is 0. The van der Waals surface area contributed by atoms with Crippen LogP contribution in [0.5, 0.6) is 0 Å². The van der Waals surface area contributed by atoms with Crippen LogP contribution in [0.25, 0.3) is 5.69 Å². The summed E-state index contributed by atoms with van der Waals surface area (Å²) in [4.78, 5) is 0. The van der Waals surface area contributed by atoms with Crippen molar-refractivity contribution in [3.05, 3.63) is 41.7 Å². The minimum atomic E-state index is 1.09. The summed E-state index contributed by atoms with van der Waals surface area (Å²) < 4.78 is 1.98. The molecule has 76 valence electrons. The van der Waals surface area contributed by atoms with Gasteiger partial charge in [-0.2, -0.15) is 0 Å². The van der Waals surface area contributed by atoms with E-state index in [1.165, 1.54) is 24.2 Å². The van der Waals surface area contributed by atoms with Gasteiger partial charge in [-0.15, -0.1) is 5.10 Å². The van der Waals surface area contributed by atoms with Crippen LogP contribution in [0.15, 0.2) is 30.3 Å². The van der Waals surface area contributed by atoms with E-state index in [1.807, 2.05) is 22.9 Å². The van der Waals surface area contributed by atoms with Gasteiger partial charge in [0.25, 0.3) is 0 Å². The van der Waals surface area contributed by atoms with Gasteiger partial charge in [0.15, 0.2) is 0 Å². The number of aryl methyl sites for hydroxylation is 1. The SMILES string of the molecule is c1ccc(-n2nnc3c2CCCC3)cc1. The molecule has 1 aromatic heterocycles. The summed E-state index contributed by atoms with van der Waals surface area (Å²) in [5.41, 5.74) is 3.60. The maximum Gasteiger partial charge on any atom is 0.0863 e. The molecule has 0 saturated heterocycles. The van der Waals surface area contributed by atoms with E-state index < -0.39 is 0 Å². The molecular formula is C12H13N3. The Morgan fingerprint density at radius 2 is 1.80 bits per heavy atom. The van der Waals surface area contributed by atoms with E-state index in [9.17, 15) is 0 Å². The summed E-state index contributed by atoms with van der Waals surface area (Å²) in [6.45, 7) is 0. The highest BCUT2D eigenvalue weighted by Crippen LogP contribution is 2.21. The van der Waals surface area contributed by atoms with Crippen molar-refractivity contribution in [2.45, 2.75) is 25.7 Å². The first-order chi connectivity index (χ1) is 7.45. The molecule has 0 N–H and O–H groups in total. The molecule has 1 aliphatic rings. The fraction of sp³-hybridized carbons (Fsp3) is 0.333. The molecule has 0 aliphatic heterocycles. The Labute approximate surface area is 88.7 Å². The smallest absolute Gasteiger partial charge is 0.0863 e. The zero-order chi connectivity index (χ0) is 10.1. The van der Waals surface area contributed by atoms with Crippen molar-refractivity contribution in [3.8, 4) is 5.69 Å². The lowest BCUT2D eigenvalue weighted by atomic mass is 10.0. The molecule has 0 bridgehead atoms. The molecule has 0 fully saturated rings. The molecule has 3 heteroatoms. The Morgan fingerprint density at radius 1 is 1.00 bits per heavy atom. The summed E-state index contributed by atoms with van der Waals surface area (Å²) in [5, 5.41) is 8.48. The molecule has 3 rings (SSSR count). The first-order valence-electron chi connectivity index (χ1n) is 5.44. The highest BCUT2D eigenvalue weighted by atomic mass is 15.4. The van der Waals surface area contributed by atoms with Gasteiger partial charge in [0, 0.05) is 0 Å². The van der Waals surface area contributed by atoms with E-state index in [1.54, 1.807) is 0 Å². The van der Waals surface area contributed by atoms with Gasteiger partial charge in [0.05, 0.1) is 17.1 Å². The normalized spacial score (nSPS) is 14.9. The summed E-state index contributed by atoms with van der Waals surface area (Å²) in [6.07, 6.45) is 4.70. The number of hydrogen-bond donors (Lipinski definition) is 0. The predicted octanol–water partition coefficient (Wildman–Crippen LogP) is 2.15. The molecule has 0 radical (unpaired) electrons. The van der Waals surface area contributed by atoms with Gasteiger partial charge in [-0.3, -0.25) is 0 Å². The average Bonchev–Trinajstić information content (AvgIpc) is 2.74. The van der Waals surface area contributed by atoms with Crippen LogP contribution < -0.4 is 0 Å². The van der Waals surface area contributed by atoms with Crippen LogP contribution in [0.2, 0.25) is 0 Å². The third kappa shape index (κ3) is 1.44. The van der Waals surface area contributed by atoms with Crippen LogP contribution in [0.1, 0.15) is 24.2 Å². The van der Waals surface area contributed by atoms with Crippen LogP contribution in [0.3, 0.4) is 0 Å². The Morgan fingerprint density at radius 3 is 2.67 bits per heavy atom. The van der Waals surface area contributed by atoms with Gasteiger partial charge in [0.2, 0.25) is 0 Å². The lowest BCUT2D eigenvalue weighted by Crippen LogP contribution is -2.07. The molecule has 0 unspecified atom stereocenters. The molecule has 15 heavy (non-hydrogen) atoms. The highest BCUT2D eigenvalue weighted by molar-refractivity contribution is 5.33. The molecular weight excluding hydrogens is 186 g/mol. The quantitative estimate of drug-likeness (QED) is 0.704. The fourth-order valence-corrected chi connectivity index (χ4v) is 2.14. The lowest BCUT2D eigenvalue weighted by Gasteiger charge is -2.11. The topological polar surface area (TPSA) is 30.7 Å². The molecule has 2 aromatic rings. The van der Waals surface area contributed by atoms with Gasteiger partial charge in [-0.1, -0.05) is 23.4 Å². The summed E-state index contributed by atoms with van der Waals surface area (Å²) in [5.74, 6) is 0. The number of nitrogens with zero attached hydrogens (tertiary/aromatic N) is 3. The molecule has 3 nitrogen and oxygen atoms in total. The van der Waals surface area contributed by atoms with E-state index in [-0.39, 0.29) is 0 Å². The van der Waals surface area contributed by atoms with E-state index >= 15 is 0 Å². The number of rotatable bonds is 1. The number of aromatic nitrogens is 3. The van der Waals surface area contributed by atoms with Gasteiger partial charge < -0.3 is 0 Å². The Hall–Kier alpha value is -1.64. The Kier molecular flexibility index (Phi) is 2.02. The van der Waals surface area contributed by atoms with Crippen LogP contribution in [0.4, 0.5) is 0 Å². The average molecular weight is 199 g/mol. The maximum absolute atomic E-state index is 4.25. The van der Waals surface area contributed by atoms with E-state index in [2.05, 4.69) is 22.4 Å². The van der Waals surface area contributed by atoms with Crippen molar-refractivity contribution in [1.82, 2.24) is 15.0 Å². The second-order valence-electron chi connectivity index (χ2n) is 3.94. The molecule has 0 amide bonds. The van der Waals surface area contributed by atoms with E-state index in [0.29, 0.717) is 0 Å². The van der Waals surface area contributed by atoms with E-state index in [0.717, 1.165) is 18.5 Å². The molecule has 0 saturated carbocycles. The highest BCUT2D eigenvalue weighted by Gasteiger charge is 2.17. The number of para-hydroxylation sites is 1. The minimum Gasteiger partial charge on any atom is -0.217 e. The maximum atomic E-state index is 4.25. The van der Waals surface area contributed by atoms with Crippen LogP contribution >= 0.6 is 0 Å². The number of hydrogen-bond acceptors (Lipinski definition) is 2. The zero-order valence-electron chi connectivity index (χ0n) is 8.56. The molecule has 1 heterocycles. The van der Waals surface area contributed by atoms with Gasteiger partial charge in [-0.05, 0) is 37.8 Å². The molecule has 1 aliphatic carbocycles. The second kappa shape index (κ2) is 3.50. The van der Waals surface area contributed by atoms with Crippen molar-refractivity contribution in [3.63, 3.8) is 0 Å². The van der Waals surface area contributed by atoms with Gasteiger partial charge in [0.1, 0.15) is 0 Å². The minimum absolute atomic E-state index is 1.09. The molecule has 0 spiro atoms. The molecule has 0 atom stereocenters. The van der Waals surface area contributed by atoms with Crippen LogP contribution in [0, 0.1) is 0 Å². The van der Waals surface area contributed by atoms with E-state index in [4.69, 9.17) is 0 Å². The largest absolute Gasteiger partial charge is 0.217 e. The third-order valence-electron chi connectivity index (χ3n) is 2.92. The monoisotopic (exact) mass is 199 g/mol. The number of fused-ring (bicyclic) bond motifs is 1. The third-order valence-corrected chi connectivity index (χ3v) is 2.92. The van der Waals surface area contributed by atoms with Crippen molar-refractivity contribution in [1.29, 1.82) is 0 Å². The summed E-state index contributed by atoms with van der Waals surface area (Å²) in [6, 6.07) is 10.2. The van der Waals surface area contributed by atoms with Crippen LogP contribution in [-0.2, 0) is 12.8 Å².